The first-order chi connectivity index (χ1) is 12.4. The summed E-state index contributed by atoms with van der Waals surface area (Å²) in [7, 11) is 0. The van der Waals surface area contributed by atoms with Gasteiger partial charge in [0, 0.05) is 0 Å². The van der Waals surface area contributed by atoms with E-state index < -0.39 is 0 Å². The fourth-order valence-electron chi connectivity index (χ4n) is 7.40. The fraction of sp³-hybridized carbons (Fsp3) is 0.750. The number of aliphatic hydroxyl groups excluding tert-OH is 1. The first kappa shape index (κ1) is 18.3. The van der Waals surface area contributed by atoms with Gasteiger partial charge in [0.05, 0.1) is 6.10 Å². The second-order valence-electron chi connectivity index (χ2n) is 9.98. The van der Waals surface area contributed by atoms with Crippen molar-refractivity contribution in [2.24, 2.45) is 22.7 Å². The fourth-order valence-corrected chi connectivity index (χ4v) is 7.40. The number of hydrogen-bond donors (Lipinski definition) is 2. The van der Waals surface area contributed by atoms with Crippen LogP contribution in [0.25, 0.3) is 0 Å². The molecule has 2 nitrogen and oxygen atoms in total. The summed E-state index contributed by atoms with van der Waals surface area (Å²) in [5, 5.41) is 20.9. The number of hydrogen-bond acceptors (Lipinski definition) is 2. The van der Waals surface area contributed by atoms with Crippen LogP contribution in [-0.2, 0) is 6.42 Å². The lowest BCUT2D eigenvalue weighted by molar-refractivity contribution is -0.0948. The molecule has 4 rings (SSSR count). The molecule has 3 aliphatic carbocycles. The average molecular weight is 357 g/mol. The number of phenolic OH excluding ortho intramolecular Hbond substituents is 1. The van der Waals surface area contributed by atoms with Crippen molar-refractivity contribution in [3.63, 3.8) is 0 Å². The number of aliphatic hydroxyl groups is 1. The summed E-state index contributed by atoms with van der Waals surface area (Å²) >= 11 is 0. The summed E-state index contributed by atoms with van der Waals surface area (Å²) in [6.07, 6.45) is 10.6. The molecule has 1 aromatic carbocycles. The Hall–Kier alpha value is -1.02. The lowest BCUT2D eigenvalue weighted by Gasteiger charge is -2.60. The predicted molar refractivity (Wildman–Crippen MR) is 106 cm³/mol. The minimum atomic E-state index is -0.125. The predicted octanol–water partition coefficient (Wildman–Crippen LogP) is 5.81. The van der Waals surface area contributed by atoms with Gasteiger partial charge in [0.1, 0.15) is 5.75 Å². The van der Waals surface area contributed by atoms with E-state index in [9.17, 15) is 10.2 Å². The second kappa shape index (κ2) is 6.55. The van der Waals surface area contributed by atoms with E-state index in [2.05, 4.69) is 26.8 Å². The van der Waals surface area contributed by atoms with Gasteiger partial charge in [0.2, 0.25) is 0 Å². The first-order valence-electron chi connectivity index (χ1n) is 10.9. The van der Waals surface area contributed by atoms with Gasteiger partial charge >= 0.3 is 0 Å². The first-order valence-corrected chi connectivity index (χ1v) is 10.9. The monoisotopic (exact) mass is 356 g/mol. The second-order valence-corrected chi connectivity index (χ2v) is 9.98. The Balaban J connectivity index is 1.76. The van der Waals surface area contributed by atoms with E-state index >= 15 is 0 Å². The minimum absolute atomic E-state index is 0.0938. The Kier molecular flexibility index (Phi) is 4.62. The van der Waals surface area contributed by atoms with E-state index in [0.29, 0.717) is 23.5 Å². The number of aromatic hydroxyl groups is 1. The number of aryl methyl sites for hydroxylation is 1. The normalized spacial score (nSPS) is 41.4. The van der Waals surface area contributed by atoms with E-state index in [1.54, 1.807) is 0 Å². The summed E-state index contributed by atoms with van der Waals surface area (Å²) < 4.78 is 0. The third-order valence-electron chi connectivity index (χ3n) is 8.54. The van der Waals surface area contributed by atoms with Crippen LogP contribution >= 0.6 is 0 Å². The highest BCUT2D eigenvalue weighted by atomic mass is 16.3. The lowest BCUT2D eigenvalue weighted by Crippen LogP contribution is -2.53. The molecule has 0 bridgehead atoms. The van der Waals surface area contributed by atoms with Crippen LogP contribution in [0.4, 0.5) is 0 Å². The van der Waals surface area contributed by atoms with Gasteiger partial charge in [-0.05, 0) is 90.4 Å². The highest BCUT2D eigenvalue weighted by Gasteiger charge is 2.62. The summed E-state index contributed by atoms with van der Waals surface area (Å²) in [6.45, 7) is 7.19. The van der Waals surface area contributed by atoms with Crippen molar-refractivity contribution in [2.75, 3.05) is 0 Å². The molecule has 2 saturated carbocycles. The third-order valence-corrected chi connectivity index (χ3v) is 8.54. The van der Waals surface area contributed by atoms with E-state index in [-0.39, 0.29) is 16.9 Å². The largest absolute Gasteiger partial charge is 0.508 e. The van der Waals surface area contributed by atoms with Crippen LogP contribution in [0.1, 0.15) is 89.2 Å². The Morgan fingerprint density at radius 3 is 2.69 bits per heavy atom. The van der Waals surface area contributed by atoms with E-state index in [1.165, 1.54) is 56.1 Å². The Bertz CT molecular complexity index is 668. The Morgan fingerprint density at radius 2 is 1.92 bits per heavy atom. The van der Waals surface area contributed by atoms with Crippen LogP contribution < -0.4 is 0 Å². The molecule has 0 heterocycles. The van der Waals surface area contributed by atoms with Gasteiger partial charge < -0.3 is 10.2 Å². The Morgan fingerprint density at radius 1 is 1.12 bits per heavy atom. The van der Waals surface area contributed by atoms with Crippen LogP contribution in [0.15, 0.2) is 18.2 Å². The highest BCUT2D eigenvalue weighted by molar-refractivity contribution is 5.42. The van der Waals surface area contributed by atoms with Crippen LogP contribution in [0.2, 0.25) is 0 Å². The molecule has 0 unspecified atom stereocenters. The van der Waals surface area contributed by atoms with E-state index in [1.807, 2.05) is 12.1 Å². The van der Waals surface area contributed by atoms with E-state index in [0.717, 1.165) is 12.8 Å². The standard InChI is InChI=1S/C24H36O2/c1-4-5-6-7-17-15-24(3)20(10-11-21(24)26)23(2)13-12-16-14-18(25)8-9-19(16)22(17)23/h8-9,14,17,20-22,25-26H,4-7,10-13,15H2,1-3H3/t17-,20-,21-,22+,23-,24-/m0/s1. The topological polar surface area (TPSA) is 40.5 Å². The molecule has 2 N–H and O–H groups in total. The number of benzene rings is 1. The molecule has 0 aliphatic heterocycles. The number of phenols is 1. The quantitative estimate of drug-likeness (QED) is 0.669. The van der Waals surface area contributed by atoms with Crippen LogP contribution in [-0.4, -0.2) is 16.3 Å². The van der Waals surface area contributed by atoms with Gasteiger partial charge in [-0.2, -0.15) is 0 Å². The summed E-state index contributed by atoms with van der Waals surface area (Å²) in [6, 6.07) is 6.12. The van der Waals surface area contributed by atoms with Crippen molar-refractivity contribution in [3.05, 3.63) is 29.3 Å². The third kappa shape index (κ3) is 2.63. The number of rotatable bonds is 4. The lowest BCUT2D eigenvalue weighted by atomic mass is 9.44. The van der Waals surface area contributed by atoms with Crippen molar-refractivity contribution in [1.82, 2.24) is 0 Å². The van der Waals surface area contributed by atoms with Gasteiger partial charge in [-0.1, -0.05) is 46.1 Å². The molecule has 2 fully saturated rings. The summed E-state index contributed by atoms with van der Waals surface area (Å²) in [5.74, 6) is 2.28. The van der Waals surface area contributed by atoms with Crippen molar-refractivity contribution in [3.8, 4) is 5.75 Å². The molecule has 144 valence electrons. The van der Waals surface area contributed by atoms with Crippen LogP contribution in [0.5, 0.6) is 5.75 Å². The van der Waals surface area contributed by atoms with Gasteiger partial charge in [0.25, 0.3) is 0 Å². The van der Waals surface area contributed by atoms with Gasteiger partial charge in [0.15, 0.2) is 0 Å². The smallest absolute Gasteiger partial charge is 0.115 e. The molecule has 1 aromatic rings. The summed E-state index contributed by atoms with van der Waals surface area (Å²) in [4.78, 5) is 0. The zero-order chi connectivity index (χ0) is 18.5. The molecule has 2 heteroatoms. The molecule has 0 spiro atoms. The molecular weight excluding hydrogens is 320 g/mol. The number of unbranched alkanes of at least 4 members (excludes halogenated alkanes) is 2. The molecule has 6 atom stereocenters. The molecule has 0 radical (unpaired) electrons. The highest BCUT2D eigenvalue weighted by Crippen LogP contribution is 2.69. The maximum absolute atomic E-state index is 10.9. The molecule has 3 aliphatic rings. The SMILES string of the molecule is CCCCC[C@H]1C[C@@]2(C)[C@@H](CC[C@@H]2O)[C@]2(C)CCc3cc(O)ccc3[C@@H]12. The van der Waals surface area contributed by atoms with Crippen molar-refractivity contribution in [2.45, 2.75) is 90.6 Å². The molecular formula is C24H36O2. The van der Waals surface area contributed by atoms with Crippen molar-refractivity contribution >= 4 is 0 Å². The Labute approximate surface area is 159 Å². The van der Waals surface area contributed by atoms with Gasteiger partial charge in [-0.3, -0.25) is 0 Å². The maximum atomic E-state index is 10.9. The molecule has 26 heavy (non-hydrogen) atoms. The zero-order valence-electron chi connectivity index (χ0n) is 16.8. The maximum Gasteiger partial charge on any atom is 0.115 e. The van der Waals surface area contributed by atoms with Crippen LogP contribution in [0.3, 0.4) is 0 Å². The number of fused-ring (bicyclic) bond motifs is 5. The van der Waals surface area contributed by atoms with Crippen LogP contribution in [0, 0.1) is 22.7 Å². The van der Waals surface area contributed by atoms with Gasteiger partial charge in [-0.25, -0.2) is 0 Å². The molecule has 0 aromatic heterocycles. The molecule has 0 saturated heterocycles. The van der Waals surface area contributed by atoms with E-state index in [4.69, 9.17) is 0 Å². The summed E-state index contributed by atoms with van der Waals surface area (Å²) in [5.41, 5.74) is 3.25. The molecule has 0 amide bonds. The zero-order valence-corrected chi connectivity index (χ0v) is 16.8. The van der Waals surface area contributed by atoms with Crippen molar-refractivity contribution in [1.29, 1.82) is 0 Å². The minimum Gasteiger partial charge on any atom is -0.508 e. The van der Waals surface area contributed by atoms with Gasteiger partial charge in [-0.15, -0.1) is 0 Å². The average Bonchev–Trinajstić information content (AvgIpc) is 2.90. The van der Waals surface area contributed by atoms with Crippen molar-refractivity contribution < 1.29 is 10.2 Å².